The fraction of sp³-hybridized carbons (Fsp3) is 0.765. The van der Waals surface area contributed by atoms with Gasteiger partial charge in [-0.2, -0.15) is 0 Å². The summed E-state index contributed by atoms with van der Waals surface area (Å²) in [5, 5.41) is 0. The molecule has 0 aromatic rings. The zero-order chi connectivity index (χ0) is 17.4. The van der Waals surface area contributed by atoms with E-state index in [0.717, 1.165) is 24.2 Å². The molecule has 2 unspecified atom stereocenters. The predicted molar refractivity (Wildman–Crippen MR) is 81.9 cm³/mol. The van der Waals surface area contributed by atoms with Gasteiger partial charge in [0.05, 0.1) is 0 Å². The van der Waals surface area contributed by atoms with Gasteiger partial charge in [-0.15, -0.1) is 0 Å². The van der Waals surface area contributed by atoms with Crippen LogP contribution in [0.2, 0.25) is 0 Å². The second-order valence-corrected chi connectivity index (χ2v) is 8.47. The summed E-state index contributed by atoms with van der Waals surface area (Å²) in [4.78, 5) is 51.2. The highest BCUT2D eigenvalue weighted by molar-refractivity contribution is 6.52. The first-order valence-electron chi connectivity index (χ1n) is 8.21. The van der Waals surface area contributed by atoms with E-state index in [1.165, 1.54) is 11.9 Å². The molecule has 0 aromatic heterocycles. The Kier molecular flexibility index (Phi) is 3.11. The summed E-state index contributed by atoms with van der Waals surface area (Å²) in [7, 11) is 1.30. The molecule has 1 spiro atoms. The average molecular weight is 320 g/mol. The number of likely N-dealkylation sites (tertiary alicyclic amines) is 2. The molecule has 6 heteroatoms. The molecule has 0 radical (unpaired) electrons. The van der Waals surface area contributed by atoms with E-state index in [-0.39, 0.29) is 16.9 Å². The van der Waals surface area contributed by atoms with Crippen LogP contribution >= 0.6 is 0 Å². The highest BCUT2D eigenvalue weighted by Crippen LogP contribution is 2.53. The van der Waals surface area contributed by atoms with Gasteiger partial charge < -0.3 is 0 Å². The Hall–Kier alpha value is -1.72. The van der Waals surface area contributed by atoms with Crippen molar-refractivity contribution in [2.75, 3.05) is 7.05 Å². The van der Waals surface area contributed by atoms with E-state index < -0.39 is 29.0 Å². The van der Waals surface area contributed by atoms with Crippen molar-refractivity contribution < 1.29 is 19.2 Å². The van der Waals surface area contributed by atoms with Crippen LogP contribution in [0.5, 0.6) is 0 Å². The van der Waals surface area contributed by atoms with Crippen molar-refractivity contribution in [3.05, 3.63) is 0 Å². The molecule has 2 saturated heterocycles. The van der Waals surface area contributed by atoms with Crippen LogP contribution in [0.25, 0.3) is 0 Å². The Morgan fingerprint density at radius 2 is 1.48 bits per heavy atom. The number of β-lactam (4-membered cyclic amide) rings is 4. The van der Waals surface area contributed by atoms with Crippen LogP contribution < -0.4 is 0 Å². The number of imide groups is 2. The van der Waals surface area contributed by atoms with Crippen LogP contribution in [-0.4, -0.2) is 46.5 Å². The molecule has 0 N–H and O–H groups in total. The Bertz CT molecular complexity index is 605. The summed E-state index contributed by atoms with van der Waals surface area (Å²) in [6.07, 6.45) is 3.46. The summed E-state index contributed by atoms with van der Waals surface area (Å²) >= 11 is 0. The molecule has 4 amide bonds. The van der Waals surface area contributed by atoms with Crippen LogP contribution in [0.15, 0.2) is 0 Å². The normalized spacial score (nSPS) is 35.4. The number of carbonyl (C=O) groups excluding carboxylic acids is 4. The summed E-state index contributed by atoms with van der Waals surface area (Å²) in [5.41, 5.74) is -1.96. The lowest BCUT2D eigenvalue weighted by Crippen LogP contribution is -2.84. The molecule has 6 nitrogen and oxygen atoms in total. The molecule has 23 heavy (non-hydrogen) atoms. The standard InChI is InChI=1S/C17H24N2O4/c1-6-16(4)8-10(7-15(2,3)9-16)19-13(22)17(14(19)23)11(20)18(5)12(17)21/h10H,6-9H2,1-5H3. The van der Waals surface area contributed by atoms with Crippen LogP contribution in [0.1, 0.15) is 53.4 Å². The second-order valence-electron chi connectivity index (χ2n) is 8.47. The van der Waals surface area contributed by atoms with Gasteiger partial charge in [0, 0.05) is 13.1 Å². The van der Waals surface area contributed by atoms with Gasteiger partial charge in [-0.3, -0.25) is 29.0 Å². The van der Waals surface area contributed by atoms with E-state index in [0.29, 0.717) is 6.42 Å². The molecule has 0 bridgehead atoms. The smallest absolute Gasteiger partial charge is 0.282 e. The summed E-state index contributed by atoms with van der Waals surface area (Å²) < 4.78 is 0. The molecule has 2 heterocycles. The Morgan fingerprint density at radius 1 is 0.957 bits per heavy atom. The van der Waals surface area contributed by atoms with Gasteiger partial charge in [-0.1, -0.05) is 34.1 Å². The van der Waals surface area contributed by atoms with Crippen molar-refractivity contribution in [1.82, 2.24) is 9.80 Å². The zero-order valence-corrected chi connectivity index (χ0v) is 14.4. The number of hydrogen-bond acceptors (Lipinski definition) is 4. The summed E-state index contributed by atoms with van der Waals surface area (Å²) in [6.45, 7) is 8.59. The zero-order valence-electron chi connectivity index (χ0n) is 14.4. The van der Waals surface area contributed by atoms with Gasteiger partial charge in [-0.05, 0) is 30.1 Å². The van der Waals surface area contributed by atoms with Crippen molar-refractivity contribution in [3.63, 3.8) is 0 Å². The van der Waals surface area contributed by atoms with E-state index in [4.69, 9.17) is 0 Å². The largest absolute Gasteiger partial charge is 0.284 e. The van der Waals surface area contributed by atoms with Gasteiger partial charge >= 0.3 is 0 Å². The number of hydrogen-bond donors (Lipinski definition) is 0. The topological polar surface area (TPSA) is 74.8 Å². The average Bonchev–Trinajstić information content (AvgIpc) is 2.45. The molecule has 126 valence electrons. The minimum absolute atomic E-state index is 0.0153. The van der Waals surface area contributed by atoms with E-state index >= 15 is 0 Å². The predicted octanol–water partition coefficient (Wildman–Crippen LogP) is 1.34. The highest BCUT2D eigenvalue weighted by atomic mass is 16.2. The van der Waals surface area contributed by atoms with Gasteiger partial charge in [0.25, 0.3) is 29.0 Å². The quantitative estimate of drug-likeness (QED) is 0.568. The van der Waals surface area contributed by atoms with Crippen molar-refractivity contribution >= 4 is 23.6 Å². The third-order valence-corrected chi connectivity index (χ3v) is 5.97. The molecule has 3 aliphatic rings. The lowest BCUT2D eigenvalue weighted by molar-refractivity contribution is -0.202. The molecular formula is C17H24N2O4. The Labute approximate surface area is 136 Å². The fourth-order valence-electron chi connectivity index (χ4n) is 4.85. The lowest BCUT2D eigenvalue weighted by Gasteiger charge is -2.57. The lowest BCUT2D eigenvalue weighted by atomic mass is 9.59. The number of nitrogens with zero attached hydrogens (tertiary/aromatic N) is 2. The molecule has 3 rings (SSSR count). The summed E-state index contributed by atoms with van der Waals surface area (Å²) in [6, 6.07) is -0.221. The first-order valence-corrected chi connectivity index (χ1v) is 8.21. The second kappa shape index (κ2) is 4.42. The Balaban J connectivity index is 1.87. The van der Waals surface area contributed by atoms with Crippen LogP contribution in [0, 0.1) is 16.2 Å². The van der Waals surface area contributed by atoms with Crippen molar-refractivity contribution in [2.45, 2.75) is 59.4 Å². The van der Waals surface area contributed by atoms with Gasteiger partial charge in [0.2, 0.25) is 0 Å². The first kappa shape index (κ1) is 16.1. The third-order valence-electron chi connectivity index (χ3n) is 5.97. The van der Waals surface area contributed by atoms with E-state index in [9.17, 15) is 19.2 Å². The Morgan fingerprint density at radius 3 is 1.96 bits per heavy atom. The molecule has 1 saturated carbocycles. The molecular weight excluding hydrogens is 296 g/mol. The van der Waals surface area contributed by atoms with Crippen LogP contribution in [0.3, 0.4) is 0 Å². The van der Waals surface area contributed by atoms with Crippen molar-refractivity contribution in [3.8, 4) is 0 Å². The maximum atomic E-state index is 12.6. The molecule has 3 fully saturated rings. The summed E-state index contributed by atoms with van der Waals surface area (Å²) in [5.74, 6) is -2.59. The van der Waals surface area contributed by atoms with E-state index in [1.54, 1.807) is 0 Å². The molecule has 1 aliphatic carbocycles. The molecule has 2 aliphatic heterocycles. The minimum Gasteiger partial charge on any atom is -0.282 e. The maximum Gasteiger partial charge on any atom is 0.284 e. The third kappa shape index (κ3) is 1.80. The maximum absolute atomic E-state index is 12.6. The number of carbonyl (C=O) groups is 4. The van der Waals surface area contributed by atoms with Gasteiger partial charge in [-0.25, -0.2) is 0 Å². The number of amides is 4. The van der Waals surface area contributed by atoms with E-state index in [2.05, 4.69) is 27.7 Å². The minimum atomic E-state index is -2.03. The number of rotatable bonds is 2. The van der Waals surface area contributed by atoms with E-state index in [1.807, 2.05) is 0 Å². The van der Waals surface area contributed by atoms with Crippen molar-refractivity contribution in [1.29, 1.82) is 0 Å². The molecule has 0 aromatic carbocycles. The monoisotopic (exact) mass is 320 g/mol. The molecule has 2 atom stereocenters. The fourth-order valence-corrected chi connectivity index (χ4v) is 4.85. The highest BCUT2D eigenvalue weighted by Gasteiger charge is 2.80. The van der Waals surface area contributed by atoms with Crippen LogP contribution in [0.4, 0.5) is 0 Å². The van der Waals surface area contributed by atoms with Gasteiger partial charge in [0.1, 0.15) is 0 Å². The van der Waals surface area contributed by atoms with Crippen LogP contribution in [-0.2, 0) is 19.2 Å². The van der Waals surface area contributed by atoms with Gasteiger partial charge in [0.15, 0.2) is 0 Å². The van der Waals surface area contributed by atoms with Crippen molar-refractivity contribution in [2.24, 2.45) is 16.2 Å². The first-order chi connectivity index (χ1) is 10.5. The SMILES string of the molecule is CCC1(C)CC(N2C(=O)C3(C(=O)N(C)C3=O)C2=O)CC(C)(C)C1.